The van der Waals surface area contributed by atoms with Gasteiger partial charge < -0.3 is 4.74 Å². The summed E-state index contributed by atoms with van der Waals surface area (Å²) in [4.78, 5) is 3.96. The summed E-state index contributed by atoms with van der Waals surface area (Å²) in [6, 6.07) is 4.54. The fourth-order valence-electron chi connectivity index (χ4n) is 1.81. The zero-order chi connectivity index (χ0) is 14.5. The van der Waals surface area contributed by atoms with E-state index in [0.29, 0.717) is 17.1 Å². The molecule has 0 N–H and O–H groups in total. The van der Waals surface area contributed by atoms with Gasteiger partial charge in [-0.25, -0.2) is 4.39 Å². The second-order valence-corrected chi connectivity index (χ2v) is 4.71. The summed E-state index contributed by atoms with van der Waals surface area (Å²) < 4.78 is 36.1. The molecule has 1 aliphatic heterocycles. The van der Waals surface area contributed by atoms with Crippen LogP contribution in [0.15, 0.2) is 24.4 Å². The molecule has 0 fully saturated rings. The first-order chi connectivity index (χ1) is 9.31. The molecule has 0 radical (unpaired) electrons. The molecular formula is C13H14FN3O. The summed E-state index contributed by atoms with van der Waals surface area (Å²) >= 11 is 0. The minimum Gasteiger partial charge on any atom is -0.367 e. The van der Waals surface area contributed by atoms with Gasteiger partial charge in [-0.05, 0) is 32.0 Å². The Hall–Kier alpha value is -1.75. The molecule has 5 heteroatoms. The fraction of sp³-hybridized carbons (Fsp3) is 0.385. The number of aromatic nitrogens is 3. The number of rotatable bonds is 1. The molecule has 18 heavy (non-hydrogen) atoms. The van der Waals surface area contributed by atoms with E-state index in [9.17, 15) is 4.39 Å². The lowest BCUT2D eigenvalue weighted by Crippen LogP contribution is -2.36. The molecule has 2 aromatic heterocycles. The van der Waals surface area contributed by atoms with Gasteiger partial charge in [0.1, 0.15) is 11.5 Å². The summed E-state index contributed by atoms with van der Waals surface area (Å²) in [5.74, 6) is -0.419. The van der Waals surface area contributed by atoms with Crippen molar-refractivity contribution in [3.8, 4) is 11.4 Å². The second-order valence-electron chi connectivity index (χ2n) is 4.71. The summed E-state index contributed by atoms with van der Waals surface area (Å²) in [6.45, 7) is 1.89. The van der Waals surface area contributed by atoms with E-state index >= 15 is 0 Å². The highest BCUT2D eigenvalue weighted by Gasteiger charge is 2.27. The zero-order valence-corrected chi connectivity index (χ0v) is 10.1. The molecule has 3 heterocycles. The van der Waals surface area contributed by atoms with E-state index in [2.05, 4.69) is 10.1 Å². The van der Waals surface area contributed by atoms with E-state index in [1.807, 2.05) is 0 Å². The first-order valence-corrected chi connectivity index (χ1v) is 5.66. The molecule has 94 valence electrons. The molecule has 0 saturated carbocycles. The summed E-state index contributed by atoms with van der Waals surface area (Å²) in [7, 11) is 0. The standard InChI is InChI=1S/C13H14FN3O/c1-13(2)8-17-10(7-18-13)5-12(16-17)11-4-3-9(14)6-15-11/h3-6H,7-8H2,1-2H3/i8D2. The van der Waals surface area contributed by atoms with Crippen LogP contribution in [0.2, 0.25) is 0 Å². The van der Waals surface area contributed by atoms with Crippen LogP contribution in [0.3, 0.4) is 0 Å². The molecule has 0 bridgehead atoms. The first kappa shape index (κ1) is 9.22. The van der Waals surface area contributed by atoms with Crippen molar-refractivity contribution in [1.29, 1.82) is 0 Å². The third kappa shape index (κ3) is 2.01. The first-order valence-electron chi connectivity index (χ1n) is 6.66. The zero-order valence-electron chi connectivity index (χ0n) is 12.1. The molecule has 0 aliphatic carbocycles. The van der Waals surface area contributed by atoms with Crippen LogP contribution >= 0.6 is 0 Å². The summed E-state index contributed by atoms with van der Waals surface area (Å²) in [5.41, 5.74) is 0.669. The molecule has 0 amide bonds. The maximum absolute atomic E-state index is 12.9. The van der Waals surface area contributed by atoms with Crippen molar-refractivity contribution < 1.29 is 11.9 Å². The number of hydrogen-bond donors (Lipinski definition) is 0. The lowest BCUT2D eigenvalue weighted by atomic mass is 10.1. The Morgan fingerprint density at radius 2 is 2.28 bits per heavy atom. The van der Waals surface area contributed by atoms with Crippen LogP contribution in [0.5, 0.6) is 0 Å². The topological polar surface area (TPSA) is 39.9 Å². The molecule has 4 nitrogen and oxygen atoms in total. The fourth-order valence-corrected chi connectivity index (χ4v) is 1.81. The normalized spacial score (nSPS) is 21.9. The predicted octanol–water partition coefficient (Wildman–Crippen LogP) is 2.39. The van der Waals surface area contributed by atoms with Crippen LogP contribution in [-0.2, 0) is 17.8 Å². The molecule has 0 atom stereocenters. The highest BCUT2D eigenvalue weighted by Crippen LogP contribution is 2.25. The second kappa shape index (κ2) is 3.88. The van der Waals surface area contributed by atoms with Crippen molar-refractivity contribution in [3.63, 3.8) is 0 Å². The average Bonchev–Trinajstić information content (AvgIpc) is 2.81. The number of nitrogens with zero attached hydrogens (tertiary/aromatic N) is 3. The van der Waals surface area contributed by atoms with Gasteiger partial charge in [-0.15, -0.1) is 0 Å². The van der Waals surface area contributed by atoms with Crippen LogP contribution in [-0.4, -0.2) is 20.4 Å². The molecule has 0 spiro atoms. The highest BCUT2D eigenvalue weighted by atomic mass is 19.1. The van der Waals surface area contributed by atoms with Crippen molar-refractivity contribution in [2.45, 2.75) is 32.6 Å². The smallest absolute Gasteiger partial charge is 0.141 e. The molecule has 3 rings (SSSR count). The van der Waals surface area contributed by atoms with Crippen LogP contribution in [0.25, 0.3) is 11.4 Å². The molecule has 1 aliphatic rings. The van der Waals surface area contributed by atoms with E-state index in [1.54, 1.807) is 19.9 Å². The van der Waals surface area contributed by atoms with Crippen molar-refractivity contribution in [1.82, 2.24) is 14.8 Å². The Labute approximate surface area is 107 Å². The number of pyridine rings is 1. The Balaban J connectivity index is 2.07. The Morgan fingerprint density at radius 3 is 3.00 bits per heavy atom. The minimum atomic E-state index is -1.77. The summed E-state index contributed by atoms with van der Waals surface area (Å²) in [6.07, 6.45) is 1.11. The third-order valence-corrected chi connectivity index (χ3v) is 2.73. The number of ether oxygens (including phenoxy) is 1. The Bertz CT molecular complexity index is 652. The quantitative estimate of drug-likeness (QED) is 0.779. The van der Waals surface area contributed by atoms with Crippen LogP contribution in [0.1, 0.15) is 22.3 Å². The van der Waals surface area contributed by atoms with Gasteiger partial charge in [0, 0.05) is 0 Å². The highest BCUT2D eigenvalue weighted by molar-refractivity contribution is 5.54. The van der Waals surface area contributed by atoms with Crippen LogP contribution in [0.4, 0.5) is 4.39 Å². The van der Waals surface area contributed by atoms with Crippen LogP contribution in [0, 0.1) is 5.82 Å². The van der Waals surface area contributed by atoms with Gasteiger partial charge in [0.15, 0.2) is 0 Å². The maximum atomic E-state index is 12.9. The van der Waals surface area contributed by atoms with Crippen LogP contribution < -0.4 is 0 Å². The van der Waals surface area contributed by atoms with Gasteiger partial charge in [0.2, 0.25) is 0 Å². The van der Waals surface area contributed by atoms with Gasteiger partial charge in [0.25, 0.3) is 0 Å². The van der Waals surface area contributed by atoms with Crippen molar-refractivity contribution in [3.05, 3.63) is 35.9 Å². The Morgan fingerprint density at radius 1 is 1.44 bits per heavy atom. The monoisotopic (exact) mass is 249 g/mol. The molecule has 0 aromatic carbocycles. The minimum absolute atomic E-state index is 0.278. The maximum Gasteiger partial charge on any atom is 0.141 e. The van der Waals surface area contributed by atoms with Crippen molar-refractivity contribution in [2.75, 3.05) is 0 Å². The molecule has 2 aromatic rings. The van der Waals surface area contributed by atoms with E-state index < -0.39 is 17.9 Å². The molecule has 0 saturated heterocycles. The van der Waals surface area contributed by atoms with E-state index in [4.69, 9.17) is 7.48 Å². The lowest BCUT2D eigenvalue weighted by molar-refractivity contribution is -0.0660. The van der Waals surface area contributed by atoms with Crippen molar-refractivity contribution >= 4 is 0 Å². The van der Waals surface area contributed by atoms with Gasteiger partial charge in [-0.3, -0.25) is 9.67 Å². The predicted molar refractivity (Wildman–Crippen MR) is 64.3 cm³/mol. The van der Waals surface area contributed by atoms with Gasteiger partial charge in [-0.2, -0.15) is 5.10 Å². The van der Waals surface area contributed by atoms with E-state index in [0.717, 1.165) is 6.20 Å². The molecular weight excluding hydrogens is 233 g/mol. The number of halogens is 1. The van der Waals surface area contributed by atoms with Gasteiger partial charge in [-0.1, -0.05) is 0 Å². The number of fused-ring (bicyclic) bond motifs is 1. The third-order valence-electron chi connectivity index (χ3n) is 2.73. The number of hydrogen-bond acceptors (Lipinski definition) is 3. The molecule has 0 unspecified atom stereocenters. The van der Waals surface area contributed by atoms with E-state index in [-0.39, 0.29) is 6.61 Å². The lowest BCUT2D eigenvalue weighted by Gasteiger charge is -2.30. The van der Waals surface area contributed by atoms with Gasteiger partial charge in [0.05, 0.1) is 39.0 Å². The average molecular weight is 249 g/mol. The largest absolute Gasteiger partial charge is 0.367 e. The summed E-state index contributed by atoms with van der Waals surface area (Å²) in [5, 5.41) is 4.28. The SMILES string of the molecule is [2H]C1([2H])n2nc(-c3ccc(F)cn3)cc2COC1(C)C. The van der Waals surface area contributed by atoms with Crippen molar-refractivity contribution in [2.24, 2.45) is 0 Å². The van der Waals surface area contributed by atoms with Gasteiger partial charge >= 0.3 is 0 Å². The van der Waals surface area contributed by atoms with E-state index in [1.165, 1.54) is 16.8 Å². The Kier molecular flexibility index (Phi) is 1.99.